The Hall–Kier alpha value is -1.66. The van der Waals surface area contributed by atoms with E-state index in [0.29, 0.717) is 12.1 Å². The van der Waals surface area contributed by atoms with Gasteiger partial charge < -0.3 is 16.4 Å². The topological polar surface area (TPSA) is 80.3 Å². The van der Waals surface area contributed by atoms with Crippen LogP contribution in [0.15, 0.2) is 12.3 Å². The van der Waals surface area contributed by atoms with Crippen LogP contribution in [0.5, 0.6) is 0 Å². The lowest BCUT2D eigenvalue weighted by Crippen LogP contribution is -2.33. The molecular formula is C17H24N6. The number of fused-ring (bicyclic) bond motifs is 3. The first-order valence-electron chi connectivity index (χ1n) is 8.89. The lowest BCUT2D eigenvalue weighted by atomic mass is 9.94. The second-order valence-electron chi connectivity index (χ2n) is 7.45. The fourth-order valence-corrected chi connectivity index (χ4v) is 4.76. The molecule has 2 aromatic rings. The first-order chi connectivity index (χ1) is 11.3. The van der Waals surface area contributed by atoms with Crippen molar-refractivity contribution in [3.8, 4) is 0 Å². The summed E-state index contributed by atoms with van der Waals surface area (Å²) in [7, 11) is 0. The first-order valence-corrected chi connectivity index (χ1v) is 8.89. The molecule has 2 aliphatic carbocycles. The Kier molecular flexibility index (Phi) is 2.94. The Bertz CT molecular complexity index is 745. The molecule has 3 aliphatic rings. The van der Waals surface area contributed by atoms with E-state index >= 15 is 0 Å². The molecule has 6 heteroatoms. The van der Waals surface area contributed by atoms with Crippen LogP contribution in [0.2, 0.25) is 0 Å². The molecule has 6 nitrogen and oxygen atoms in total. The highest BCUT2D eigenvalue weighted by Crippen LogP contribution is 2.45. The fourth-order valence-electron chi connectivity index (χ4n) is 4.76. The summed E-state index contributed by atoms with van der Waals surface area (Å²) in [5.74, 6) is 1.13. The number of nitrogens with zero attached hydrogens (tertiary/aromatic N) is 3. The van der Waals surface area contributed by atoms with Gasteiger partial charge in [-0.1, -0.05) is 12.8 Å². The summed E-state index contributed by atoms with van der Waals surface area (Å²) in [6.07, 6.45) is 10.1. The van der Waals surface area contributed by atoms with Gasteiger partial charge in [-0.25, -0.2) is 4.98 Å². The quantitative estimate of drug-likeness (QED) is 0.789. The Morgan fingerprint density at radius 3 is 2.96 bits per heavy atom. The van der Waals surface area contributed by atoms with Gasteiger partial charge in [0, 0.05) is 30.3 Å². The van der Waals surface area contributed by atoms with Gasteiger partial charge in [-0.2, -0.15) is 9.61 Å². The van der Waals surface area contributed by atoms with Crippen LogP contribution in [0.1, 0.15) is 56.2 Å². The first kappa shape index (κ1) is 13.7. The Labute approximate surface area is 135 Å². The van der Waals surface area contributed by atoms with Gasteiger partial charge in [0.15, 0.2) is 5.65 Å². The van der Waals surface area contributed by atoms with Crippen molar-refractivity contribution in [2.45, 2.75) is 69.1 Å². The second kappa shape index (κ2) is 4.92. The molecular weight excluding hydrogens is 288 g/mol. The van der Waals surface area contributed by atoms with Gasteiger partial charge in [0.2, 0.25) is 0 Å². The Morgan fingerprint density at radius 1 is 1.30 bits per heavy atom. The predicted octanol–water partition coefficient (Wildman–Crippen LogP) is 1.89. The van der Waals surface area contributed by atoms with Crippen LogP contribution < -0.4 is 16.4 Å². The van der Waals surface area contributed by atoms with E-state index in [-0.39, 0.29) is 5.54 Å². The molecule has 0 saturated heterocycles. The van der Waals surface area contributed by atoms with Crippen LogP contribution in [0.25, 0.3) is 5.65 Å². The lowest BCUT2D eigenvalue weighted by Gasteiger charge is -2.24. The van der Waals surface area contributed by atoms with Crippen molar-refractivity contribution >= 4 is 11.5 Å². The van der Waals surface area contributed by atoms with Gasteiger partial charge >= 0.3 is 0 Å². The van der Waals surface area contributed by atoms with E-state index in [2.05, 4.69) is 15.7 Å². The average Bonchev–Trinajstić information content (AvgIpc) is 3.30. The summed E-state index contributed by atoms with van der Waals surface area (Å²) in [5, 5.41) is 12.0. The molecule has 0 aromatic carbocycles. The maximum atomic E-state index is 6.09. The molecule has 1 aliphatic heterocycles. The summed E-state index contributed by atoms with van der Waals surface area (Å²) < 4.78 is 1.97. The Balaban J connectivity index is 1.62. The van der Waals surface area contributed by atoms with E-state index in [9.17, 15) is 0 Å². The third-order valence-electron chi connectivity index (χ3n) is 5.96. The number of aromatic nitrogens is 3. The molecule has 0 bridgehead atoms. The van der Waals surface area contributed by atoms with Crippen molar-refractivity contribution in [2.24, 2.45) is 5.73 Å². The van der Waals surface area contributed by atoms with Crippen LogP contribution in [-0.4, -0.2) is 26.7 Å². The minimum Gasteiger partial charge on any atom is -0.367 e. The third-order valence-corrected chi connectivity index (χ3v) is 5.96. The monoisotopic (exact) mass is 312 g/mol. The third kappa shape index (κ3) is 2.01. The summed E-state index contributed by atoms with van der Waals surface area (Å²) in [6.45, 7) is 0.888. The maximum absolute atomic E-state index is 6.09. The molecule has 2 atom stereocenters. The second-order valence-corrected chi connectivity index (χ2v) is 7.45. The number of hydrogen-bond donors (Lipinski definition) is 3. The summed E-state index contributed by atoms with van der Waals surface area (Å²) in [6, 6.07) is 2.78. The SMILES string of the molecule is N[C@H]1CC[C@H](Nc2c3c(nc4ccnn24)C2(CCCC2)NC3)C1. The minimum absolute atomic E-state index is 0.101. The van der Waals surface area contributed by atoms with Crippen molar-refractivity contribution in [2.75, 3.05) is 5.32 Å². The van der Waals surface area contributed by atoms with E-state index in [0.717, 1.165) is 37.3 Å². The van der Waals surface area contributed by atoms with E-state index in [1.54, 1.807) is 0 Å². The maximum Gasteiger partial charge on any atom is 0.157 e. The molecule has 3 heterocycles. The van der Waals surface area contributed by atoms with Crippen molar-refractivity contribution in [3.05, 3.63) is 23.5 Å². The molecule has 4 N–H and O–H groups in total. The largest absolute Gasteiger partial charge is 0.367 e. The van der Waals surface area contributed by atoms with Crippen molar-refractivity contribution in [1.82, 2.24) is 19.9 Å². The number of hydrogen-bond acceptors (Lipinski definition) is 5. The molecule has 2 aromatic heterocycles. The molecule has 0 radical (unpaired) electrons. The molecule has 2 fully saturated rings. The summed E-state index contributed by atoms with van der Waals surface area (Å²) in [5.41, 5.74) is 9.71. The normalized spacial score (nSPS) is 28.7. The highest BCUT2D eigenvalue weighted by molar-refractivity contribution is 5.59. The van der Waals surface area contributed by atoms with E-state index in [4.69, 9.17) is 10.7 Å². The number of rotatable bonds is 2. The summed E-state index contributed by atoms with van der Waals surface area (Å²) in [4.78, 5) is 4.97. The highest BCUT2D eigenvalue weighted by Gasteiger charge is 2.44. The molecule has 0 unspecified atom stereocenters. The van der Waals surface area contributed by atoms with Gasteiger partial charge in [-0.3, -0.25) is 0 Å². The van der Waals surface area contributed by atoms with Crippen LogP contribution >= 0.6 is 0 Å². The zero-order chi connectivity index (χ0) is 15.4. The van der Waals surface area contributed by atoms with Crippen molar-refractivity contribution < 1.29 is 0 Å². The van der Waals surface area contributed by atoms with Gasteiger partial charge in [0.1, 0.15) is 5.82 Å². The number of anilines is 1. The molecule has 23 heavy (non-hydrogen) atoms. The van der Waals surface area contributed by atoms with Gasteiger partial charge in [0.25, 0.3) is 0 Å². The summed E-state index contributed by atoms with van der Waals surface area (Å²) >= 11 is 0. The van der Waals surface area contributed by atoms with Crippen LogP contribution in [-0.2, 0) is 12.1 Å². The van der Waals surface area contributed by atoms with Crippen molar-refractivity contribution in [3.63, 3.8) is 0 Å². The smallest absolute Gasteiger partial charge is 0.157 e. The zero-order valence-corrected chi connectivity index (χ0v) is 13.4. The van der Waals surface area contributed by atoms with Crippen LogP contribution in [0.3, 0.4) is 0 Å². The van der Waals surface area contributed by atoms with Crippen molar-refractivity contribution in [1.29, 1.82) is 0 Å². The van der Waals surface area contributed by atoms with Crippen LogP contribution in [0.4, 0.5) is 5.82 Å². The van der Waals surface area contributed by atoms with E-state index in [1.807, 2.05) is 16.8 Å². The van der Waals surface area contributed by atoms with Gasteiger partial charge in [-0.15, -0.1) is 0 Å². The van der Waals surface area contributed by atoms with Crippen LogP contribution in [0, 0.1) is 0 Å². The predicted molar refractivity (Wildman–Crippen MR) is 89.2 cm³/mol. The Morgan fingerprint density at radius 2 is 2.17 bits per heavy atom. The highest BCUT2D eigenvalue weighted by atomic mass is 15.3. The number of nitrogens with one attached hydrogen (secondary N) is 2. The van der Waals surface area contributed by atoms with Gasteiger partial charge in [0.05, 0.1) is 17.4 Å². The molecule has 0 amide bonds. The fraction of sp³-hybridized carbons (Fsp3) is 0.647. The zero-order valence-electron chi connectivity index (χ0n) is 13.4. The average molecular weight is 312 g/mol. The van der Waals surface area contributed by atoms with E-state index < -0.39 is 0 Å². The van der Waals surface area contributed by atoms with E-state index in [1.165, 1.54) is 36.9 Å². The standard InChI is InChI=1S/C17H24N6/c18-11-3-4-12(9-11)21-16-13-10-19-17(6-1-2-7-17)15(13)22-14-5-8-20-23(14)16/h5,8,11-12,19,21H,1-4,6-7,9-10,18H2/t11-,12-/m0/s1. The molecule has 5 rings (SSSR count). The molecule has 122 valence electrons. The number of nitrogens with two attached hydrogens (primary N) is 1. The van der Waals surface area contributed by atoms with Gasteiger partial charge in [-0.05, 0) is 32.1 Å². The molecule has 1 spiro atoms. The minimum atomic E-state index is 0.101. The molecule has 2 saturated carbocycles. The lowest BCUT2D eigenvalue weighted by molar-refractivity contribution is 0.365.